The molecule has 67 heavy (non-hydrogen) atoms. The van der Waals surface area contributed by atoms with E-state index in [1.165, 1.54) is 22.0 Å². The van der Waals surface area contributed by atoms with Crippen LogP contribution in [0.1, 0.15) is 0 Å². The van der Waals surface area contributed by atoms with E-state index in [9.17, 15) is 0 Å². The van der Waals surface area contributed by atoms with E-state index in [2.05, 4.69) is 137 Å². The third kappa shape index (κ3) is 6.29. The first-order chi connectivity index (χ1) is 32.2. The van der Waals surface area contributed by atoms with Gasteiger partial charge >= 0.3 is 42.1 Å². The first-order valence-corrected chi connectivity index (χ1v) is 21.5. The van der Waals surface area contributed by atoms with Crippen molar-refractivity contribution in [1.29, 1.82) is 0 Å². The molecule has 0 unspecified atom stereocenters. The second kappa shape index (κ2) is 16.2. The Morgan fingerprint density at radius 1 is 0.403 bits per heavy atom. The maximum absolute atomic E-state index is 6.63. The number of benzene rings is 7. The molecule has 0 saturated heterocycles. The fraction of sp³-hybridized carbons (Fsp3) is 0. The van der Waals surface area contributed by atoms with E-state index < -0.39 is 0 Å². The molecule has 0 radical (unpaired) electrons. The second-order valence-corrected chi connectivity index (χ2v) is 16.3. The normalized spacial score (nSPS) is 11.9. The summed E-state index contributed by atoms with van der Waals surface area (Å²) in [5.74, 6) is 3.28. The van der Waals surface area contributed by atoms with Crippen LogP contribution in [0.25, 0.3) is 94.1 Å². The van der Waals surface area contributed by atoms with Crippen LogP contribution in [-0.4, -0.2) is 40.3 Å². The fourth-order valence-electron chi connectivity index (χ4n) is 10.1. The maximum Gasteiger partial charge on any atom is 2.00 e. The third-order valence-electron chi connectivity index (χ3n) is 12.8. The molecule has 0 N–H and O–H groups in total. The molecule has 8 nitrogen and oxygen atoms in total. The van der Waals surface area contributed by atoms with Gasteiger partial charge in [0.05, 0.1) is 0 Å². The third-order valence-corrected chi connectivity index (χ3v) is 12.8. The Kier molecular flexibility index (Phi) is 9.90. The van der Waals surface area contributed by atoms with E-state index in [4.69, 9.17) is 24.7 Å². The van der Waals surface area contributed by atoms with Gasteiger partial charge in [0, 0.05) is 47.3 Å². The summed E-state index contributed by atoms with van der Waals surface area (Å²) in [5, 5.41) is 6.49. The molecule has 0 atom stereocenters. The predicted molar refractivity (Wildman–Crippen MR) is 259 cm³/mol. The number of fused-ring (bicyclic) bond motifs is 12. The zero-order valence-electron chi connectivity index (χ0n) is 35.1. The zero-order valence-corrected chi connectivity index (χ0v) is 39.6. The van der Waals surface area contributed by atoms with Gasteiger partial charge in [-0.25, -0.2) is 19.9 Å². The maximum atomic E-state index is 6.63. The minimum atomic E-state index is -0.136. The quantitative estimate of drug-likeness (QED) is 0.123. The van der Waals surface area contributed by atoms with Crippen molar-refractivity contribution in [3.8, 4) is 40.2 Å². The van der Waals surface area contributed by atoms with Gasteiger partial charge in [-0.2, -0.15) is 64.2 Å². The van der Waals surface area contributed by atoms with E-state index >= 15 is 0 Å². The van der Waals surface area contributed by atoms with E-state index in [1.807, 2.05) is 71.6 Å². The van der Waals surface area contributed by atoms with Gasteiger partial charge in [0.25, 0.3) is 0 Å². The summed E-state index contributed by atoms with van der Waals surface area (Å²) in [6.07, 6.45) is 7.18. The van der Waals surface area contributed by atoms with Crippen molar-refractivity contribution in [3.05, 3.63) is 207 Å². The van der Waals surface area contributed by atoms with E-state index in [0.29, 0.717) is 17.4 Å². The molecule has 0 saturated carbocycles. The van der Waals surface area contributed by atoms with Crippen LogP contribution in [0.3, 0.4) is 0 Å². The standard InChI is InChI=1S/C56H30BN7O.2Pt/c1-4-15-46-38(12-1)44-33-45-40-14-3-6-17-49(40)63(55-19-8-10-27-59-55)53(45)34-47(44)57(46)35-20-23-41-43-25-22-37(32-52(43)64(50(41)30-35)56-60-28-11-29-61-56)65-36-21-24-42-39-13-2-5-16-48(39)62(51(42)31-36)54-18-7-9-26-58-54;;/h1-29,33H;;/q-4;2*+2. The summed E-state index contributed by atoms with van der Waals surface area (Å²) >= 11 is 0. The van der Waals surface area contributed by atoms with Crippen molar-refractivity contribution in [2.45, 2.75) is 0 Å². The molecule has 0 bridgehead atoms. The molecule has 318 valence electrons. The molecule has 14 rings (SSSR count). The Balaban J connectivity index is 0.00000234. The van der Waals surface area contributed by atoms with Gasteiger partial charge in [0.2, 0.25) is 5.95 Å². The molecular weight excluding hydrogens is 1190 g/mol. The van der Waals surface area contributed by atoms with Gasteiger partial charge in [-0.15, -0.1) is 40.6 Å². The Hall–Kier alpha value is -7.44. The number of pyridine rings is 2. The number of hydrogen-bond donors (Lipinski definition) is 0. The van der Waals surface area contributed by atoms with Crippen molar-refractivity contribution in [2.75, 3.05) is 0 Å². The van der Waals surface area contributed by atoms with Crippen molar-refractivity contribution >= 4 is 88.5 Å². The average Bonchev–Trinajstić information content (AvgIpc) is 4.08. The Morgan fingerprint density at radius 2 is 0.925 bits per heavy atom. The number of hydrogen-bond acceptors (Lipinski definition) is 5. The van der Waals surface area contributed by atoms with Crippen molar-refractivity contribution in [2.24, 2.45) is 0 Å². The molecule has 7 aromatic carbocycles. The van der Waals surface area contributed by atoms with Crippen LogP contribution < -0.4 is 21.1 Å². The Morgan fingerprint density at radius 3 is 1.58 bits per heavy atom. The van der Waals surface area contributed by atoms with E-state index in [0.717, 1.165) is 82.6 Å². The fourth-order valence-corrected chi connectivity index (χ4v) is 10.1. The van der Waals surface area contributed by atoms with Crippen LogP contribution >= 0.6 is 0 Å². The minimum absolute atomic E-state index is 0. The Labute approximate surface area is 413 Å². The average molecular weight is 1220 g/mol. The molecule has 0 amide bonds. The number of aromatic nitrogens is 7. The molecular formula is C56H30BN7OPt2. The van der Waals surface area contributed by atoms with Crippen molar-refractivity contribution < 1.29 is 46.9 Å². The summed E-state index contributed by atoms with van der Waals surface area (Å²) in [5.41, 5.74) is 11.3. The molecule has 0 fully saturated rings. The number of ether oxygens (including phenoxy) is 1. The predicted octanol–water partition coefficient (Wildman–Crippen LogP) is 10.0. The van der Waals surface area contributed by atoms with Crippen LogP contribution in [0.15, 0.2) is 183 Å². The van der Waals surface area contributed by atoms with Crippen LogP contribution in [-0.2, 0) is 42.1 Å². The topological polar surface area (TPSA) is 75.6 Å². The zero-order chi connectivity index (χ0) is 42.6. The summed E-state index contributed by atoms with van der Waals surface area (Å²) in [7, 11) is 0. The van der Waals surface area contributed by atoms with Gasteiger partial charge < -0.3 is 18.4 Å². The van der Waals surface area contributed by atoms with Gasteiger partial charge in [-0.3, -0.25) is 0 Å². The van der Waals surface area contributed by atoms with Crippen LogP contribution in [0.4, 0.5) is 0 Å². The summed E-state index contributed by atoms with van der Waals surface area (Å²) < 4.78 is 13.0. The molecule has 0 spiro atoms. The minimum Gasteiger partial charge on any atom is -0.509 e. The molecule has 11 heteroatoms. The Bertz CT molecular complexity index is 4060. The molecule has 13 aromatic rings. The largest absolute Gasteiger partial charge is 2.00 e. The van der Waals surface area contributed by atoms with Gasteiger partial charge in [-0.05, 0) is 53.2 Å². The van der Waals surface area contributed by atoms with Gasteiger partial charge in [-0.1, -0.05) is 106 Å². The second-order valence-electron chi connectivity index (χ2n) is 16.3. The summed E-state index contributed by atoms with van der Waals surface area (Å²) in [4.78, 5) is 19.0. The summed E-state index contributed by atoms with van der Waals surface area (Å²) in [6.45, 7) is -0.136. The van der Waals surface area contributed by atoms with Crippen LogP contribution in [0, 0.1) is 24.3 Å². The van der Waals surface area contributed by atoms with Crippen molar-refractivity contribution in [1.82, 2.24) is 33.6 Å². The van der Waals surface area contributed by atoms with E-state index in [1.54, 1.807) is 12.4 Å². The van der Waals surface area contributed by atoms with Crippen LogP contribution in [0.2, 0.25) is 0 Å². The van der Waals surface area contributed by atoms with Crippen molar-refractivity contribution in [3.63, 3.8) is 0 Å². The monoisotopic (exact) mass is 1220 g/mol. The first-order valence-electron chi connectivity index (χ1n) is 21.5. The number of nitrogens with zero attached hydrogens (tertiary/aromatic N) is 7. The SMILES string of the molecule is [Pt+2].[Pt+2].[c-]1c(Oc2[c-]c3c(cc2)c2ccccc2n3-c2ccccn2)ccc2c3ccc(B4c5[c-]c6c(cc5-c5ccccc54)c4ccccc4n6-c4ccccn4)[c-]c3n(-c3ncccn3)c12. The smallest absolute Gasteiger partial charge is 0.509 e. The van der Waals surface area contributed by atoms with E-state index in [-0.39, 0.29) is 48.8 Å². The molecule has 7 heterocycles. The van der Waals surface area contributed by atoms with Gasteiger partial charge in [0.1, 0.15) is 11.6 Å². The first kappa shape index (κ1) is 41.0. The number of para-hydroxylation sites is 2. The molecule has 1 aliphatic heterocycles. The molecule has 6 aromatic heterocycles. The van der Waals surface area contributed by atoms with Gasteiger partial charge in [0.15, 0.2) is 6.71 Å². The molecule has 1 aliphatic rings. The number of rotatable bonds is 6. The summed E-state index contributed by atoms with van der Waals surface area (Å²) in [6, 6.07) is 69.3. The molecule has 0 aliphatic carbocycles. The van der Waals surface area contributed by atoms with Crippen LogP contribution in [0.5, 0.6) is 11.5 Å².